The van der Waals surface area contributed by atoms with Gasteiger partial charge in [-0.1, -0.05) is 110 Å². The number of ether oxygens (including phenoxy) is 1. The highest BCUT2D eigenvalue weighted by Gasteiger charge is 2.26. The average molecular weight is 435 g/mol. The van der Waals surface area contributed by atoms with Crippen molar-refractivity contribution in [3.63, 3.8) is 0 Å². The zero-order valence-electron chi connectivity index (χ0n) is 21.1. The van der Waals surface area contributed by atoms with Gasteiger partial charge < -0.3 is 9.16 Å². The SMILES string of the molecule is CCCCCCCCCCC(C)c1ccc(COCC(O[SiH](C)C)C(C)(C)C)cc1. The summed E-state index contributed by atoms with van der Waals surface area (Å²) in [6, 6.07) is 9.08. The van der Waals surface area contributed by atoms with Gasteiger partial charge in [0, 0.05) is 0 Å². The summed E-state index contributed by atoms with van der Waals surface area (Å²) in [5.74, 6) is 0.648. The fourth-order valence-corrected chi connectivity index (χ4v) is 4.94. The zero-order chi connectivity index (χ0) is 22.4. The number of benzene rings is 1. The molecule has 0 fully saturated rings. The maximum Gasteiger partial charge on any atom is 0.171 e. The molecule has 0 saturated carbocycles. The summed E-state index contributed by atoms with van der Waals surface area (Å²) in [6.07, 6.45) is 12.6. The van der Waals surface area contributed by atoms with E-state index in [9.17, 15) is 0 Å². The normalized spacial score (nSPS) is 14.3. The Morgan fingerprint density at radius 2 is 1.43 bits per heavy atom. The second kappa shape index (κ2) is 15.2. The molecule has 0 aliphatic heterocycles. The maximum absolute atomic E-state index is 6.20. The van der Waals surface area contributed by atoms with E-state index in [1.807, 2.05) is 0 Å². The van der Waals surface area contributed by atoms with Gasteiger partial charge in [0.1, 0.15) is 0 Å². The molecule has 0 aliphatic carbocycles. The molecule has 1 rings (SSSR count). The highest BCUT2D eigenvalue weighted by Crippen LogP contribution is 2.25. The molecule has 30 heavy (non-hydrogen) atoms. The topological polar surface area (TPSA) is 18.5 Å². The number of hydrogen-bond donors (Lipinski definition) is 0. The first-order chi connectivity index (χ1) is 14.2. The summed E-state index contributed by atoms with van der Waals surface area (Å²) < 4.78 is 12.2. The molecule has 0 N–H and O–H groups in total. The first-order valence-corrected chi connectivity index (χ1v) is 15.3. The van der Waals surface area contributed by atoms with Crippen molar-refractivity contribution in [1.29, 1.82) is 0 Å². The van der Waals surface area contributed by atoms with Crippen molar-refractivity contribution in [3.8, 4) is 0 Å². The van der Waals surface area contributed by atoms with Crippen LogP contribution < -0.4 is 0 Å². The van der Waals surface area contributed by atoms with E-state index in [1.54, 1.807) is 0 Å². The molecule has 0 spiro atoms. The lowest BCUT2D eigenvalue weighted by Gasteiger charge is -2.32. The molecule has 1 aromatic rings. The Balaban J connectivity index is 2.30. The van der Waals surface area contributed by atoms with Gasteiger partial charge >= 0.3 is 0 Å². The van der Waals surface area contributed by atoms with Crippen molar-refractivity contribution >= 4 is 9.04 Å². The van der Waals surface area contributed by atoms with Crippen LogP contribution in [-0.2, 0) is 15.8 Å². The molecule has 0 radical (unpaired) electrons. The Morgan fingerprint density at radius 1 is 0.867 bits per heavy atom. The Morgan fingerprint density at radius 3 is 1.97 bits per heavy atom. The van der Waals surface area contributed by atoms with Crippen molar-refractivity contribution in [3.05, 3.63) is 35.4 Å². The molecule has 2 unspecified atom stereocenters. The maximum atomic E-state index is 6.20. The Hall–Kier alpha value is -0.643. The van der Waals surface area contributed by atoms with E-state index in [0.29, 0.717) is 19.1 Å². The smallest absolute Gasteiger partial charge is 0.171 e. The first kappa shape index (κ1) is 27.4. The highest BCUT2D eigenvalue weighted by molar-refractivity contribution is 6.48. The van der Waals surface area contributed by atoms with Crippen LogP contribution in [0.15, 0.2) is 24.3 Å². The van der Waals surface area contributed by atoms with Gasteiger partial charge in [0.05, 0.1) is 19.3 Å². The van der Waals surface area contributed by atoms with Crippen LogP contribution in [-0.4, -0.2) is 21.8 Å². The molecule has 2 atom stereocenters. The lowest BCUT2D eigenvalue weighted by molar-refractivity contribution is -0.0119. The molecule has 0 aliphatic rings. The van der Waals surface area contributed by atoms with E-state index < -0.39 is 9.04 Å². The second-order valence-electron chi connectivity index (χ2n) is 10.5. The molecular formula is C27H50O2Si. The molecule has 2 nitrogen and oxygen atoms in total. The van der Waals surface area contributed by atoms with Crippen molar-refractivity contribution in [1.82, 2.24) is 0 Å². The number of unbranched alkanes of at least 4 members (excludes halogenated alkanes) is 7. The monoisotopic (exact) mass is 434 g/mol. The number of rotatable bonds is 16. The van der Waals surface area contributed by atoms with Gasteiger partial charge in [0.25, 0.3) is 0 Å². The molecule has 0 heterocycles. The minimum absolute atomic E-state index is 0.117. The molecule has 0 aromatic heterocycles. The van der Waals surface area contributed by atoms with E-state index in [-0.39, 0.29) is 11.5 Å². The van der Waals surface area contributed by atoms with Crippen molar-refractivity contribution in [2.75, 3.05) is 6.61 Å². The molecule has 3 heteroatoms. The van der Waals surface area contributed by atoms with Crippen LogP contribution in [0.4, 0.5) is 0 Å². The van der Waals surface area contributed by atoms with E-state index in [2.05, 4.69) is 72.0 Å². The molecule has 0 amide bonds. The fraction of sp³-hybridized carbons (Fsp3) is 0.778. The van der Waals surface area contributed by atoms with Gasteiger partial charge in [-0.05, 0) is 42.0 Å². The average Bonchev–Trinajstić information content (AvgIpc) is 2.68. The first-order valence-electron chi connectivity index (χ1n) is 12.6. The van der Waals surface area contributed by atoms with Crippen LogP contribution in [0, 0.1) is 5.41 Å². The summed E-state index contributed by atoms with van der Waals surface area (Å²) in [5, 5.41) is 0. The van der Waals surface area contributed by atoms with Gasteiger partial charge in [0.15, 0.2) is 9.04 Å². The van der Waals surface area contributed by atoms with E-state index >= 15 is 0 Å². The van der Waals surface area contributed by atoms with E-state index in [4.69, 9.17) is 9.16 Å². The van der Waals surface area contributed by atoms with Gasteiger partial charge in [0.2, 0.25) is 0 Å². The largest absolute Gasteiger partial charge is 0.415 e. The zero-order valence-corrected chi connectivity index (χ0v) is 22.3. The summed E-state index contributed by atoms with van der Waals surface area (Å²) in [7, 11) is -1.06. The minimum Gasteiger partial charge on any atom is -0.415 e. The second-order valence-corrected chi connectivity index (χ2v) is 12.8. The summed E-state index contributed by atoms with van der Waals surface area (Å²) in [6.45, 7) is 17.2. The van der Waals surface area contributed by atoms with E-state index in [0.717, 1.165) is 0 Å². The molecule has 0 bridgehead atoms. The fourth-order valence-electron chi connectivity index (χ4n) is 3.80. The predicted molar refractivity (Wildman–Crippen MR) is 135 cm³/mol. The third-order valence-electron chi connectivity index (χ3n) is 5.98. The van der Waals surface area contributed by atoms with Crippen molar-refractivity contribution < 1.29 is 9.16 Å². The number of hydrogen-bond acceptors (Lipinski definition) is 2. The van der Waals surface area contributed by atoms with E-state index in [1.165, 1.54) is 68.9 Å². The summed E-state index contributed by atoms with van der Waals surface area (Å²) >= 11 is 0. The van der Waals surface area contributed by atoms with Crippen LogP contribution in [0.2, 0.25) is 13.1 Å². The third kappa shape index (κ3) is 12.3. The quantitative estimate of drug-likeness (QED) is 0.192. The van der Waals surface area contributed by atoms with Crippen molar-refractivity contribution in [2.45, 2.75) is 124 Å². The van der Waals surface area contributed by atoms with Gasteiger partial charge in [-0.15, -0.1) is 0 Å². The Bertz CT molecular complexity index is 533. The Kier molecular flexibility index (Phi) is 13.9. The lowest BCUT2D eigenvalue weighted by atomic mass is 9.90. The molecule has 0 saturated heterocycles. The molecular weight excluding hydrogens is 384 g/mol. The molecule has 1 aromatic carbocycles. The summed E-state index contributed by atoms with van der Waals surface area (Å²) in [4.78, 5) is 0. The van der Waals surface area contributed by atoms with Gasteiger partial charge in [-0.3, -0.25) is 0 Å². The van der Waals surface area contributed by atoms with Crippen LogP contribution in [0.5, 0.6) is 0 Å². The van der Waals surface area contributed by atoms with Crippen LogP contribution >= 0.6 is 0 Å². The van der Waals surface area contributed by atoms with Crippen molar-refractivity contribution in [2.24, 2.45) is 5.41 Å². The van der Waals surface area contributed by atoms with Crippen LogP contribution in [0.25, 0.3) is 0 Å². The van der Waals surface area contributed by atoms with Crippen LogP contribution in [0.3, 0.4) is 0 Å². The Labute approximate surface area is 189 Å². The summed E-state index contributed by atoms with van der Waals surface area (Å²) in [5.41, 5.74) is 2.84. The molecule has 174 valence electrons. The van der Waals surface area contributed by atoms with Crippen LogP contribution in [0.1, 0.15) is 109 Å². The third-order valence-corrected chi connectivity index (χ3v) is 6.85. The minimum atomic E-state index is -1.06. The van der Waals surface area contributed by atoms with Gasteiger partial charge in [-0.25, -0.2) is 0 Å². The predicted octanol–water partition coefficient (Wildman–Crippen LogP) is 8.25. The standard InChI is InChI=1S/C27H50O2Si/c1-8-9-10-11-12-13-14-15-16-23(2)25-19-17-24(18-20-25)21-28-22-26(27(3,4)5)29-30(6)7/h17-20,23,26,30H,8-16,21-22H2,1-7H3. The highest BCUT2D eigenvalue weighted by atomic mass is 28.3. The lowest BCUT2D eigenvalue weighted by Crippen LogP contribution is -2.37. The van der Waals surface area contributed by atoms with Gasteiger partial charge in [-0.2, -0.15) is 0 Å².